The Morgan fingerprint density at radius 2 is 1.19 bits per heavy atom. The molecule has 0 atom stereocenters. The molecule has 0 fully saturated rings. The second kappa shape index (κ2) is 15.2. The van der Waals surface area contributed by atoms with E-state index in [0.29, 0.717) is 0 Å². The Kier molecular flexibility index (Phi) is 15.4. The maximum absolute atomic E-state index is 8.57. The van der Waals surface area contributed by atoms with Crippen molar-refractivity contribution in [2.75, 3.05) is 11.9 Å². The monoisotopic (exact) mass is 290 g/mol. The number of aliphatic hydroxyl groups is 1. The molecule has 0 aromatic rings. The fourth-order valence-electron chi connectivity index (χ4n) is 1.73. The van der Waals surface area contributed by atoms with Gasteiger partial charge in [0.05, 0.1) is 0 Å². The maximum Gasteiger partial charge on any atom is 0.0465 e. The van der Waals surface area contributed by atoms with Crippen LogP contribution < -0.4 is 0 Å². The minimum absolute atomic E-state index is 0.283. The lowest BCUT2D eigenvalue weighted by Gasteiger charge is -2.00. The van der Waals surface area contributed by atoms with Gasteiger partial charge in [-0.15, -0.1) is 0 Å². The smallest absolute Gasteiger partial charge is 0.0465 e. The Morgan fingerprint density at radius 3 is 1.75 bits per heavy atom. The van der Waals surface area contributed by atoms with E-state index in [-0.39, 0.29) is 6.61 Å². The van der Waals surface area contributed by atoms with Crippen LogP contribution in [0.2, 0.25) is 0 Å². The number of aliphatic hydroxyl groups excluding tert-OH is 1. The van der Waals surface area contributed by atoms with Crippen LogP contribution in [0.25, 0.3) is 0 Å². The van der Waals surface area contributed by atoms with Gasteiger partial charge >= 0.3 is 0 Å². The zero-order valence-electron chi connectivity index (χ0n) is 10.5. The molecular weight excluding hydrogens is 264 g/mol. The van der Waals surface area contributed by atoms with Crippen LogP contribution in [-0.4, -0.2) is 17.0 Å². The summed E-state index contributed by atoms with van der Waals surface area (Å²) in [7, 11) is 0. The summed E-state index contributed by atoms with van der Waals surface area (Å²) in [5.74, 6) is 0. The van der Waals surface area contributed by atoms with Gasteiger partial charge in [-0.05, 0) is 25.7 Å². The summed E-state index contributed by atoms with van der Waals surface area (Å²) in [6.45, 7) is 0.283. The van der Waals surface area contributed by atoms with Gasteiger partial charge in [0.2, 0.25) is 0 Å². The number of alkyl halides is 1. The first-order valence-electron chi connectivity index (χ1n) is 6.73. The lowest BCUT2D eigenvalue weighted by molar-refractivity contribution is 0.302. The van der Waals surface area contributed by atoms with Crippen molar-refractivity contribution in [1.29, 1.82) is 0 Å². The van der Waals surface area contributed by atoms with E-state index in [1.165, 1.54) is 57.8 Å². The van der Waals surface area contributed by atoms with Gasteiger partial charge in [0.1, 0.15) is 0 Å². The first-order valence-corrected chi connectivity index (χ1v) is 7.85. The van der Waals surface area contributed by atoms with Crippen LogP contribution in [0.4, 0.5) is 0 Å². The molecule has 16 heavy (non-hydrogen) atoms. The van der Waals surface area contributed by atoms with Gasteiger partial charge < -0.3 is 5.11 Å². The zero-order valence-corrected chi connectivity index (χ0v) is 12.1. The van der Waals surface area contributed by atoms with Gasteiger partial charge in [-0.3, -0.25) is 0 Å². The molecule has 0 aliphatic rings. The Morgan fingerprint density at radius 1 is 0.688 bits per heavy atom. The normalized spacial score (nSPS) is 11.4. The van der Waals surface area contributed by atoms with Gasteiger partial charge in [0, 0.05) is 11.9 Å². The number of rotatable bonds is 12. The van der Waals surface area contributed by atoms with Crippen molar-refractivity contribution in [2.45, 2.75) is 64.2 Å². The van der Waals surface area contributed by atoms with Gasteiger partial charge in [-0.2, -0.15) is 0 Å². The Labute approximate surface area is 109 Å². The zero-order chi connectivity index (χ0) is 11.9. The van der Waals surface area contributed by atoms with E-state index in [2.05, 4.69) is 28.1 Å². The van der Waals surface area contributed by atoms with Crippen LogP contribution in [0.1, 0.15) is 64.2 Å². The van der Waals surface area contributed by atoms with Crippen LogP contribution in [0, 0.1) is 0 Å². The number of hydrogen-bond donors (Lipinski definition) is 1. The topological polar surface area (TPSA) is 20.2 Å². The fraction of sp³-hybridized carbons (Fsp3) is 0.857. The second-order valence-corrected chi connectivity index (χ2v) is 5.08. The molecule has 2 heteroatoms. The number of halogens is 1. The molecule has 1 nitrogen and oxygen atoms in total. The van der Waals surface area contributed by atoms with E-state index >= 15 is 0 Å². The van der Waals surface area contributed by atoms with E-state index in [4.69, 9.17) is 5.11 Å². The molecule has 0 aliphatic heterocycles. The molecule has 0 spiro atoms. The van der Waals surface area contributed by atoms with Crippen molar-refractivity contribution in [3.8, 4) is 0 Å². The van der Waals surface area contributed by atoms with Crippen molar-refractivity contribution in [1.82, 2.24) is 0 Å². The lowest BCUT2D eigenvalue weighted by atomic mass is 10.1. The van der Waals surface area contributed by atoms with Crippen LogP contribution in [0.15, 0.2) is 12.2 Å². The van der Waals surface area contributed by atoms with Crippen LogP contribution >= 0.6 is 15.9 Å². The summed E-state index contributed by atoms with van der Waals surface area (Å²) in [6, 6.07) is 0. The highest BCUT2D eigenvalue weighted by atomic mass is 79.9. The van der Waals surface area contributed by atoms with E-state index in [1.807, 2.05) is 0 Å². The Balaban J connectivity index is 2.93. The van der Waals surface area contributed by atoms with Crippen LogP contribution in [0.3, 0.4) is 0 Å². The SMILES string of the molecule is OCC/C=C/CCCCCCCCCCBr. The fourth-order valence-corrected chi connectivity index (χ4v) is 2.12. The summed E-state index contributed by atoms with van der Waals surface area (Å²) in [5, 5.41) is 9.73. The molecule has 0 bridgehead atoms. The van der Waals surface area contributed by atoms with Crippen molar-refractivity contribution < 1.29 is 5.11 Å². The third kappa shape index (κ3) is 14.2. The van der Waals surface area contributed by atoms with Crippen molar-refractivity contribution >= 4 is 15.9 Å². The minimum Gasteiger partial charge on any atom is -0.396 e. The van der Waals surface area contributed by atoms with Crippen molar-refractivity contribution in [2.24, 2.45) is 0 Å². The molecule has 0 saturated carbocycles. The molecule has 0 aliphatic carbocycles. The van der Waals surface area contributed by atoms with E-state index < -0.39 is 0 Å². The standard InChI is InChI=1S/C14H27BrO/c15-13-11-9-7-5-3-1-2-4-6-8-10-12-14-16/h8,10,16H,1-7,9,11-14H2/b10-8+. The van der Waals surface area contributed by atoms with Gasteiger partial charge in [-0.1, -0.05) is 66.6 Å². The summed E-state index contributed by atoms with van der Waals surface area (Å²) >= 11 is 3.46. The summed E-state index contributed by atoms with van der Waals surface area (Å²) < 4.78 is 0. The van der Waals surface area contributed by atoms with Crippen molar-refractivity contribution in [3.05, 3.63) is 12.2 Å². The van der Waals surface area contributed by atoms with Crippen LogP contribution in [0.5, 0.6) is 0 Å². The molecule has 0 rings (SSSR count). The molecular formula is C14H27BrO. The molecule has 0 heterocycles. The van der Waals surface area contributed by atoms with Gasteiger partial charge in [0.15, 0.2) is 0 Å². The molecule has 0 unspecified atom stereocenters. The molecule has 1 N–H and O–H groups in total. The first-order chi connectivity index (χ1) is 7.91. The number of unbranched alkanes of at least 4 members (excludes halogenated alkanes) is 8. The maximum atomic E-state index is 8.57. The Bertz CT molecular complexity index is 146. The predicted molar refractivity (Wildman–Crippen MR) is 76.2 cm³/mol. The number of allylic oxidation sites excluding steroid dienone is 1. The van der Waals surface area contributed by atoms with E-state index in [0.717, 1.165) is 11.8 Å². The first kappa shape index (κ1) is 16.2. The molecule has 0 amide bonds. The molecule has 0 radical (unpaired) electrons. The highest BCUT2D eigenvalue weighted by Gasteiger charge is 1.91. The van der Waals surface area contributed by atoms with Crippen LogP contribution in [-0.2, 0) is 0 Å². The summed E-state index contributed by atoms with van der Waals surface area (Å²) in [6.07, 6.45) is 17.3. The second-order valence-electron chi connectivity index (χ2n) is 4.29. The van der Waals surface area contributed by atoms with E-state index in [9.17, 15) is 0 Å². The molecule has 0 saturated heterocycles. The van der Waals surface area contributed by atoms with Crippen molar-refractivity contribution in [3.63, 3.8) is 0 Å². The molecule has 0 aromatic carbocycles. The van der Waals surface area contributed by atoms with Gasteiger partial charge in [-0.25, -0.2) is 0 Å². The summed E-state index contributed by atoms with van der Waals surface area (Å²) in [4.78, 5) is 0. The third-order valence-electron chi connectivity index (χ3n) is 2.72. The highest BCUT2D eigenvalue weighted by Crippen LogP contribution is 2.10. The molecule has 0 aromatic heterocycles. The third-order valence-corrected chi connectivity index (χ3v) is 3.28. The Hall–Kier alpha value is 0.180. The largest absolute Gasteiger partial charge is 0.396 e. The highest BCUT2D eigenvalue weighted by molar-refractivity contribution is 9.09. The lowest BCUT2D eigenvalue weighted by Crippen LogP contribution is -1.81. The quantitative estimate of drug-likeness (QED) is 0.310. The predicted octanol–water partition coefficient (Wildman–Crippen LogP) is 4.83. The average Bonchev–Trinajstić information content (AvgIpc) is 2.31. The number of hydrogen-bond acceptors (Lipinski definition) is 1. The van der Waals surface area contributed by atoms with E-state index in [1.54, 1.807) is 0 Å². The minimum atomic E-state index is 0.283. The summed E-state index contributed by atoms with van der Waals surface area (Å²) in [5.41, 5.74) is 0. The molecule has 96 valence electrons. The van der Waals surface area contributed by atoms with Gasteiger partial charge in [0.25, 0.3) is 0 Å². The average molecular weight is 291 g/mol.